The molecule has 0 saturated carbocycles. The molecular formula is C14H20O3. The summed E-state index contributed by atoms with van der Waals surface area (Å²) in [5.41, 5.74) is 1.18. The van der Waals surface area contributed by atoms with Crippen molar-refractivity contribution in [2.24, 2.45) is 0 Å². The van der Waals surface area contributed by atoms with Crippen LogP contribution in [0.1, 0.15) is 38.4 Å². The second kappa shape index (κ2) is 5.92. The van der Waals surface area contributed by atoms with E-state index < -0.39 is 0 Å². The van der Waals surface area contributed by atoms with E-state index in [0.717, 1.165) is 44.2 Å². The van der Waals surface area contributed by atoms with Crippen LogP contribution in [-0.2, 0) is 4.74 Å². The highest BCUT2D eigenvalue weighted by molar-refractivity contribution is 5.44. The van der Waals surface area contributed by atoms with E-state index in [0.29, 0.717) is 0 Å². The van der Waals surface area contributed by atoms with Gasteiger partial charge in [-0.15, -0.1) is 0 Å². The van der Waals surface area contributed by atoms with E-state index in [1.807, 2.05) is 12.1 Å². The molecule has 17 heavy (non-hydrogen) atoms. The van der Waals surface area contributed by atoms with Crippen LogP contribution in [0.3, 0.4) is 0 Å². The molecule has 0 spiro atoms. The van der Waals surface area contributed by atoms with Gasteiger partial charge in [0, 0.05) is 0 Å². The molecule has 1 aliphatic rings. The average molecular weight is 236 g/mol. The van der Waals surface area contributed by atoms with Crippen LogP contribution in [0.4, 0.5) is 0 Å². The summed E-state index contributed by atoms with van der Waals surface area (Å²) in [6, 6.07) is 6.08. The molecule has 3 nitrogen and oxygen atoms in total. The van der Waals surface area contributed by atoms with Crippen LogP contribution in [0.15, 0.2) is 18.2 Å². The van der Waals surface area contributed by atoms with Gasteiger partial charge in [-0.1, -0.05) is 19.9 Å². The van der Waals surface area contributed by atoms with Gasteiger partial charge >= 0.3 is 0 Å². The summed E-state index contributed by atoms with van der Waals surface area (Å²) in [6.07, 6.45) is 2.26. The maximum atomic E-state index is 5.72. The van der Waals surface area contributed by atoms with Gasteiger partial charge in [-0.05, 0) is 30.5 Å². The van der Waals surface area contributed by atoms with Crippen molar-refractivity contribution < 1.29 is 14.2 Å². The number of hydrogen-bond donors (Lipinski definition) is 0. The minimum absolute atomic E-state index is 0.263. The number of rotatable bonds is 7. The van der Waals surface area contributed by atoms with Crippen molar-refractivity contribution >= 4 is 0 Å². The lowest BCUT2D eigenvalue weighted by Gasteiger charge is -2.13. The standard InChI is InChI=1S/C14H20O3/c1-3-7-15-12-6-5-11(14-10-17-14)9-13(12)16-8-4-2/h5-6,9,14H,3-4,7-8,10H2,1-2H3. The fourth-order valence-corrected chi connectivity index (χ4v) is 1.62. The van der Waals surface area contributed by atoms with Gasteiger partial charge in [-0.25, -0.2) is 0 Å². The van der Waals surface area contributed by atoms with Crippen molar-refractivity contribution in [3.63, 3.8) is 0 Å². The van der Waals surface area contributed by atoms with Crippen LogP contribution in [-0.4, -0.2) is 19.8 Å². The second-order valence-corrected chi connectivity index (χ2v) is 4.23. The molecule has 2 rings (SSSR count). The molecular weight excluding hydrogens is 216 g/mol. The Morgan fingerprint density at radius 2 is 1.76 bits per heavy atom. The number of epoxide rings is 1. The predicted molar refractivity (Wildman–Crippen MR) is 66.7 cm³/mol. The summed E-state index contributed by atoms with van der Waals surface area (Å²) < 4.78 is 16.7. The van der Waals surface area contributed by atoms with E-state index >= 15 is 0 Å². The summed E-state index contributed by atoms with van der Waals surface area (Å²) in [4.78, 5) is 0. The zero-order chi connectivity index (χ0) is 12.1. The third-order valence-corrected chi connectivity index (χ3v) is 2.60. The Morgan fingerprint density at radius 1 is 1.12 bits per heavy atom. The van der Waals surface area contributed by atoms with E-state index in [4.69, 9.17) is 14.2 Å². The van der Waals surface area contributed by atoms with Crippen LogP contribution < -0.4 is 9.47 Å². The molecule has 94 valence electrons. The third-order valence-electron chi connectivity index (χ3n) is 2.60. The lowest BCUT2D eigenvalue weighted by molar-refractivity contribution is 0.268. The van der Waals surface area contributed by atoms with Crippen molar-refractivity contribution in [1.29, 1.82) is 0 Å². The summed E-state index contributed by atoms with van der Waals surface area (Å²) in [7, 11) is 0. The maximum Gasteiger partial charge on any atom is 0.161 e. The highest BCUT2D eigenvalue weighted by Crippen LogP contribution is 2.36. The van der Waals surface area contributed by atoms with Crippen LogP contribution >= 0.6 is 0 Å². The van der Waals surface area contributed by atoms with E-state index in [9.17, 15) is 0 Å². The molecule has 1 unspecified atom stereocenters. The zero-order valence-corrected chi connectivity index (χ0v) is 10.6. The average Bonchev–Trinajstić information content (AvgIpc) is 3.18. The van der Waals surface area contributed by atoms with Crippen LogP contribution in [0.25, 0.3) is 0 Å². The molecule has 1 fully saturated rings. The van der Waals surface area contributed by atoms with E-state index in [-0.39, 0.29) is 6.10 Å². The first-order valence-electron chi connectivity index (χ1n) is 6.36. The first-order valence-corrected chi connectivity index (χ1v) is 6.36. The third kappa shape index (κ3) is 3.37. The van der Waals surface area contributed by atoms with Gasteiger partial charge in [0.1, 0.15) is 6.10 Å². The molecule has 0 N–H and O–H groups in total. The monoisotopic (exact) mass is 236 g/mol. The second-order valence-electron chi connectivity index (χ2n) is 4.23. The molecule has 0 radical (unpaired) electrons. The fourth-order valence-electron chi connectivity index (χ4n) is 1.62. The highest BCUT2D eigenvalue weighted by Gasteiger charge is 2.25. The maximum absolute atomic E-state index is 5.72. The Balaban J connectivity index is 2.11. The Labute approximate surface area is 103 Å². The first-order chi connectivity index (χ1) is 8.35. The van der Waals surface area contributed by atoms with Crippen molar-refractivity contribution in [3.05, 3.63) is 23.8 Å². The van der Waals surface area contributed by atoms with Crippen molar-refractivity contribution in [2.45, 2.75) is 32.8 Å². The minimum Gasteiger partial charge on any atom is -0.490 e. The van der Waals surface area contributed by atoms with Crippen LogP contribution in [0, 0.1) is 0 Å². The molecule has 1 heterocycles. The van der Waals surface area contributed by atoms with Crippen molar-refractivity contribution in [2.75, 3.05) is 19.8 Å². The molecule has 1 atom stereocenters. The number of benzene rings is 1. The Hall–Kier alpha value is -1.22. The molecule has 0 bridgehead atoms. The number of ether oxygens (including phenoxy) is 3. The fraction of sp³-hybridized carbons (Fsp3) is 0.571. The topological polar surface area (TPSA) is 31.0 Å². The normalized spacial score (nSPS) is 17.9. The molecule has 0 aliphatic carbocycles. The Kier molecular flexibility index (Phi) is 4.26. The van der Waals surface area contributed by atoms with Crippen LogP contribution in [0.5, 0.6) is 11.5 Å². The van der Waals surface area contributed by atoms with E-state index in [1.54, 1.807) is 0 Å². The highest BCUT2D eigenvalue weighted by atomic mass is 16.6. The van der Waals surface area contributed by atoms with Gasteiger partial charge < -0.3 is 14.2 Å². The SMILES string of the molecule is CCCOc1ccc(C2CO2)cc1OCCC. The molecule has 1 aliphatic heterocycles. The van der Waals surface area contributed by atoms with Gasteiger partial charge in [0.05, 0.1) is 19.8 Å². The largest absolute Gasteiger partial charge is 0.490 e. The quantitative estimate of drug-likeness (QED) is 0.680. The van der Waals surface area contributed by atoms with Crippen molar-refractivity contribution in [3.8, 4) is 11.5 Å². The van der Waals surface area contributed by atoms with Gasteiger partial charge in [-0.3, -0.25) is 0 Å². The molecule has 1 aromatic rings. The molecule has 3 heteroatoms. The first kappa shape index (κ1) is 12.2. The summed E-state index contributed by atoms with van der Waals surface area (Å²) in [5, 5.41) is 0. The van der Waals surface area contributed by atoms with Gasteiger partial charge in [0.25, 0.3) is 0 Å². The number of hydrogen-bond acceptors (Lipinski definition) is 3. The predicted octanol–water partition coefficient (Wildman–Crippen LogP) is 3.34. The summed E-state index contributed by atoms with van der Waals surface area (Å²) >= 11 is 0. The molecule has 0 aromatic heterocycles. The lowest BCUT2D eigenvalue weighted by atomic mass is 10.1. The Morgan fingerprint density at radius 3 is 2.35 bits per heavy atom. The van der Waals surface area contributed by atoms with E-state index in [2.05, 4.69) is 19.9 Å². The molecule has 1 saturated heterocycles. The summed E-state index contributed by atoms with van der Waals surface area (Å²) in [6.45, 7) is 6.46. The van der Waals surface area contributed by atoms with Crippen molar-refractivity contribution in [1.82, 2.24) is 0 Å². The summed E-state index contributed by atoms with van der Waals surface area (Å²) in [5.74, 6) is 1.68. The smallest absolute Gasteiger partial charge is 0.161 e. The Bertz CT molecular complexity index is 358. The molecule has 0 amide bonds. The van der Waals surface area contributed by atoms with Gasteiger partial charge in [0.2, 0.25) is 0 Å². The van der Waals surface area contributed by atoms with Crippen LogP contribution in [0.2, 0.25) is 0 Å². The zero-order valence-electron chi connectivity index (χ0n) is 10.6. The molecule has 1 aromatic carbocycles. The minimum atomic E-state index is 0.263. The van der Waals surface area contributed by atoms with Gasteiger partial charge in [0.15, 0.2) is 11.5 Å². The lowest BCUT2D eigenvalue weighted by Crippen LogP contribution is -2.01. The van der Waals surface area contributed by atoms with Gasteiger partial charge in [-0.2, -0.15) is 0 Å². The van der Waals surface area contributed by atoms with E-state index in [1.165, 1.54) is 5.56 Å².